The normalized spacial score (nSPS) is 18.6. The molecule has 0 bridgehead atoms. The SMILES string of the molecule is CCN(C(=O)CCc1nc(-c2ccc(F)c(C)c2)no1)C1CCS(=O)(=O)C1. The number of hydrogen-bond acceptors (Lipinski definition) is 6. The van der Waals surface area contributed by atoms with Gasteiger partial charge in [0, 0.05) is 31.0 Å². The van der Waals surface area contributed by atoms with Gasteiger partial charge in [0.05, 0.1) is 11.5 Å². The van der Waals surface area contributed by atoms with E-state index in [9.17, 15) is 17.6 Å². The molecule has 1 saturated heterocycles. The number of halogens is 1. The number of hydrogen-bond donors (Lipinski definition) is 0. The van der Waals surface area contributed by atoms with E-state index in [1.54, 1.807) is 24.0 Å². The maximum Gasteiger partial charge on any atom is 0.227 e. The van der Waals surface area contributed by atoms with Gasteiger partial charge in [0.2, 0.25) is 17.6 Å². The second kappa shape index (κ2) is 7.75. The van der Waals surface area contributed by atoms with Crippen molar-refractivity contribution in [3.63, 3.8) is 0 Å². The number of amides is 1. The van der Waals surface area contributed by atoms with Crippen LogP contribution in [0.2, 0.25) is 0 Å². The van der Waals surface area contributed by atoms with Crippen molar-refractivity contribution in [2.75, 3.05) is 18.1 Å². The molecule has 9 heteroatoms. The topological polar surface area (TPSA) is 93.4 Å². The van der Waals surface area contributed by atoms with Crippen molar-refractivity contribution in [2.45, 2.75) is 39.2 Å². The first kappa shape index (κ1) is 19.5. The maximum absolute atomic E-state index is 13.4. The fraction of sp³-hybridized carbons (Fsp3) is 0.500. The number of benzene rings is 1. The van der Waals surface area contributed by atoms with Gasteiger partial charge in [-0.1, -0.05) is 5.16 Å². The standard InChI is InChI=1S/C18H22FN3O4S/c1-3-22(14-8-9-27(24,25)11-14)17(23)7-6-16-20-18(21-26-16)13-4-5-15(19)12(2)10-13/h4-5,10,14H,3,6-9,11H2,1-2H3. The predicted molar refractivity (Wildman–Crippen MR) is 97.2 cm³/mol. The molecule has 1 atom stereocenters. The first-order valence-corrected chi connectivity index (χ1v) is 10.7. The quantitative estimate of drug-likeness (QED) is 0.744. The zero-order valence-electron chi connectivity index (χ0n) is 15.3. The van der Waals surface area contributed by atoms with Crippen LogP contribution < -0.4 is 0 Å². The summed E-state index contributed by atoms with van der Waals surface area (Å²) >= 11 is 0. The Morgan fingerprint density at radius 1 is 1.41 bits per heavy atom. The molecular formula is C18H22FN3O4S. The lowest BCUT2D eigenvalue weighted by atomic mass is 10.1. The number of sulfone groups is 1. The minimum atomic E-state index is -3.05. The molecule has 2 heterocycles. The zero-order valence-corrected chi connectivity index (χ0v) is 16.1. The molecule has 3 rings (SSSR count). The summed E-state index contributed by atoms with van der Waals surface area (Å²) in [7, 11) is -3.05. The van der Waals surface area contributed by atoms with Crippen molar-refractivity contribution in [3.8, 4) is 11.4 Å². The van der Waals surface area contributed by atoms with E-state index in [4.69, 9.17) is 4.52 Å². The van der Waals surface area contributed by atoms with Crippen LogP contribution in [0.5, 0.6) is 0 Å². The highest BCUT2D eigenvalue weighted by Gasteiger charge is 2.33. The Kier molecular flexibility index (Phi) is 5.59. The Hall–Kier alpha value is -2.29. The molecule has 1 amide bonds. The van der Waals surface area contributed by atoms with Crippen LogP contribution in [0.4, 0.5) is 4.39 Å². The summed E-state index contributed by atoms with van der Waals surface area (Å²) < 4.78 is 41.9. The molecule has 0 saturated carbocycles. The minimum Gasteiger partial charge on any atom is -0.339 e. The molecular weight excluding hydrogens is 373 g/mol. The third-order valence-corrected chi connectivity index (χ3v) is 6.50. The van der Waals surface area contributed by atoms with E-state index < -0.39 is 9.84 Å². The van der Waals surface area contributed by atoms with Crippen LogP contribution in [-0.2, 0) is 21.1 Å². The van der Waals surface area contributed by atoms with Crippen molar-refractivity contribution in [1.29, 1.82) is 0 Å². The molecule has 1 aromatic carbocycles. The van der Waals surface area contributed by atoms with Gasteiger partial charge in [-0.15, -0.1) is 0 Å². The van der Waals surface area contributed by atoms with Gasteiger partial charge < -0.3 is 9.42 Å². The van der Waals surface area contributed by atoms with Crippen LogP contribution in [0.15, 0.2) is 22.7 Å². The van der Waals surface area contributed by atoms with E-state index in [2.05, 4.69) is 10.1 Å². The van der Waals surface area contributed by atoms with Crippen LogP contribution in [-0.4, -0.2) is 53.5 Å². The number of carbonyl (C=O) groups excluding carboxylic acids is 1. The Balaban J connectivity index is 1.62. The summed E-state index contributed by atoms with van der Waals surface area (Å²) in [6.45, 7) is 3.95. The van der Waals surface area contributed by atoms with E-state index in [1.807, 2.05) is 6.92 Å². The van der Waals surface area contributed by atoms with Crippen molar-refractivity contribution in [1.82, 2.24) is 15.0 Å². The molecule has 1 unspecified atom stereocenters. The molecule has 0 N–H and O–H groups in total. The molecule has 146 valence electrons. The lowest BCUT2D eigenvalue weighted by Gasteiger charge is -2.26. The zero-order chi connectivity index (χ0) is 19.6. The lowest BCUT2D eigenvalue weighted by molar-refractivity contribution is -0.132. The summed E-state index contributed by atoms with van der Waals surface area (Å²) in [5.74, 6) is 0.385. The number of rotatable bonds is 6. The monoisotopic (exact) mass is 395 g/mol. The summed E-state index contributed by atoms with van der Waals surface area (Å²) in [5, 5.41) is 3.88. The average molecular weight is 395 g/mol. The Morgan fingerprint density at radius 2 is 2.19 bits per heavy atom. The van der Waals surface area contributed by atoms with Gasteiger partial charge in [0.25, 0.3) is 0 Å². The molecule has 1 aliphatic rings. The van der Waals surface area contributed by atoms with Crippen LogP contribution in [0.1, 0.15) is 31.2 Å². The number of nitrogens with zero attached hydrogens (tertiary/aromatic N) is 3. The van der Waals surface area contributed by atoms with E-state index in [1.165, 1.54) is 6.07 Å². The predicted octanol–water partition coefficient (Wildman–Crippen LogP) is 2.15. The summed E-state index contributed by atoms with van der Waals surface area (Å²) in [5.41, 5.74) is 1.13. The highest BCUT2D eigenvalue weighted by molar-refractivity contribution is 7.91. The largest absolute Gasteiger partial charge is 0.339 e. The summed E-state index contributed by atoms with van der Waals surface area (Å²) in [4.78, 5) is 18.4. The first-order valence-electron chi connectivity index (χ1n) is 8.88. The van der Waals surface area contributed by atoms with Gasteiger partial charge in [0.15, 0.2) is 9.84 Å². The molecule has 1 fully saturated rings. The molecule has 2 aromatic rings. The summed E-state index contributed by atoms with van der Waals surface area (Å²) in [6, 6.07) is 4.29. The molecule has 7 nitrogen and oxygen atoms in total. The number of carbonyl (C=O) groups is 1. The van der Waals surface area contributed by atoms with Gasteiger partial charge in [-0.3, -0.25) is 4.79 Å². The molecule has 27 heavy (non-hydrogen) atoms. The van der Waals surface area contributed by atoms with Crippen LogP contribution in [0.3, 0.4) is 0 Å². The third kappa shape index (κ3) is 4.52. The van der Waals surface area contributed by atoms with Gasteiger partial charge in [0.1, 0.15) is 5.82 Å². The second-order valence-corrected chi connectivity index (χ2v) is 8.94. The van der Waals surface area contributed by atoms with E-state index in [0.717, 1.165) is 0 Å². The lowest BCUT2D eigenvalue weighted by Crippen LogP contribution is -2.41. The molecule has 0 radical (unpaired) electrons. The first-order chi connectivity index (χ1) is 12.8. The fourth-order valence-corrected chi connectivity index (χ4v) is 5.01. The van der Waals surface area contributed by atoms with Gasteiger partial charge in [-0.25, -0.2) is 12.8 Å². The summed E-state index contributed by atoms with van der Waals surface area (Å²) in [6.07, 6.45) is 0.910. The van der Waals surface area contributed by atoms with Gasteiger partial charge >= 0.3 is 0 Å². The number of aromatic nitrogens is 2. The molecule has 1 aliphatic heterocycles. The van der Waals surface area contributed by atoms with Crippen molar-refractivity contribution >= 4 is 15.7 Å². The minimum absolute atomic E-state index is 0.0290. The van der Waals surface area contributed by atoms with Crippen molar-refractivity contribution in [3.05, 3.63) is 35.5 Å². The molecule has 1 aromatic heterocycles. The number of aryl methyl sites for hydroxylation is 2. The van der Waals surface area contributed by atoms with Gasteiger partial charge in [-0.2, -0.15) is 4.98 Å². The Morgan fingerprint density at radius 3 is 2.81 bits per heavy atom. The second-order valence-electron chi connectivity index (χ2n) is 6.71. The van der Waals surface area contributed by atoms with E-state index in [-0.39, 0.29) is 42.1 Å². The van der Waals surface area contributed by atoms with Crippen LogP contribution in [0, 0.1) is 12.7 Å². The highest BCUT2D eigenvalue weighted by atomic mass is 32.2. The average Bonchev–Trinajstić information content (AvgIpc) is 3.23. The Bertz CT molecular complexity index is 942. The molecule has 0 spiro atoms. The van der Waals surface area contributed by atoms with Crippen molar-refractivity contribution in [2.24, 2.45) is 0 Å². The highest BCUT2D eigenvalue weighted by Crippen LogP contribution is 2.21. The Labute approximate surface area is 157 Å². The van der Waals surface area contributed by atoms with Crippen LogP contribution in [0.25, 0.3) is 11.4 Å². The fourth-order valence-electron chi connectivity index (χ4n) is 3.27. The maximum atomic E-state index is 13.4. The third-order valence-electron chi connectivity index (χ3n) is 4.75. The smallest absolute Gasteiger partial charge is 0.227 e. The van der Waals surface area contributed by atoms with E-state index in [0.29, 0.717) is 35.8 Å². The molecule has 0 aliphatic carbocycles. The van der Waals surface area contributed by atoms with Crippen molar-refractivity contribution < 1.29 is 22.1 Å². The van der Waals surface area contributed by atoms with Crippen LogP contribution >= 0.6 is 0 Å². The van der Waals surface area contributed by atoms with Gasteiger partial charge in [-0.05, 0) is 44.0 Å². The van der Waals surface area contributed by atoms with E-state index >= 15 is 0 Å².